The summed E-state index contributed by atoms with van der Waals surface area (Å²) < 4.78 is 4.64. The molecule has 0 spiro atoms. The van der Waals surface area contributed by atoms with Gasteiger partial charge < -0.3 is 10.5 Å². The molecule has 2 N–H and O–H groups in total. The summed E-state index contributed by atoms with van der Waals surface area (Å²) in [5.74, 6) is 2.06. The first-order chi connectivity index (χ1) is 7.04. The molecule has 0 aliphatic heterocycles. The molecule has 0 aromatic rings. The molecule has 0 fully saturated rings. The monoisotopic (exact) mass is 233 g/mol. The van der Waals surface area contributed by atoms with E-state index >= 15 is 0 Å². The van der Waals surface area contributed by atoms with Gasteiger partial charge in [-0.2, -0.15) is 11.8 Å². The standard InChI is InChI=1S/C11H23NO2S/c1-4-8-15-9-6-5-7-11(2,12)10(13)14-3/h4-9,12H2,1-3H3. The zero-order valence-electron chi connectivity index (χ0n) is 10.0. The Labute approximate surface area is 97.1 Å². The lowest BCUT2D eigenvalue weighted by atomic mass is 9.97. The first-order valence-corrected chi connectivity index (χ1v) is 6.65. The van der Waals surface area contributed by atoms with Gasteiger partial charge in [-0.3, -0.25) is 4.79 Å². The molecule has 0 bridgehead atoms. The fourth-order valence-corrected chi connectivity index (χ4v) is 2.18. The Hall–Kier alpha value is -0.220. The van der Waals surface area contributed by atoms with E-state index in [9.17, 15) is 4.79 Å². The van der Waals surface area contributed by atoms with Crippen molar-refractivity contribution >= 4 is 17.7 Å². The molecule has 1 unspecified atom stereocenters. The van der Waals surface area contributed by atoms with Crippen LogP contribution < -0.4 is 5.73 Å². The van der Waals surface area contributed by atoms with Gasteiger partial charge in [-0.25, -0.2) is 0 Å². The van der Waals surface area contributed by atoms with Crippen LogP contribution in [-0.2, 0) is 9.53 Å². The molecule has 0 aliphatic rings. The molecule has 1 atom stereocenters. The molecule has 0 rings (SSSR count). The maximum Gasteiger partial charge on any atom is 0.325 e. The fourth-order valence-electron chi connectivity index (χ4n) is 1.28. The van der Waals surface area contributed by atoms with E-state index in [2.05, 4.69) is 11.7 Å². The van der Waals surface area contributed by atoms with Crippen molar-refractivity contribution in [2.24, 2.45) is 5.73 Å². The minimum Gasteiger partial charge on any atom is -0.468 e. The average molecular weight is 233 g/mol. The molecule has 15 heavy (non-hydrogen) atoms. The van der Waals surface area contributed by atoms with Gasteiger partial charge in [0.15, 0.2) is 0 Å². The van der Waals surface area contributed by atoms with E-state index in [1.54, 1.807) is 6.92 Å². The summed E-state index contributed by atoms with van der Waals surface area (Å²) >= 11 is 1.96. The number of esters is 1. The normalized spacial score (nSPS) is 14.7. The predicted molar refractivity (Wildman–Crippen MR) is 66.1 cm³/mol. The number of carbonyl (C=O) groups is 1. The Morgan fingerprint density at radius 1 is 1.40 bits per heavy atom. The Balaban J connectivity index is 3.53. The van der Waals surface area contributed by atoms with Crippen molar-refractivity contribution in [2.75, 3.05) is 18.6 Å². The van der Waals surface area contributed by atoms with Gasteiger partial charge >= 0.3 is 5.97 Å². The first kappa shape index (κ1) is 14.8. The Morgan fingerprint density at radius 2 is 2.07 bits per heavy atom. The summed E-state index contributed by atoms with van der Waals surface area (Å²) in [6.45, 7) is 3.92. The second-order valence-electron chi connectivity index (χ2n) is 3.98. The predicted octanol–water partition coefficient (Wildman–Crippen LogP) is 2.19. The van der Waals surface area contributed by atoms with Crippen LogP contribution in [0.5, 0.6) is 0 Å². The molecule has 0 saturated carbocycles. The maximum absolute atomic E-state index is 11.2. The molecule has 0 aromatic carbocycles. The number of methoxy groups -OCH3 is 1. The van der Waals surface area contributed by atoms with E-state index in [0.717, 1.165) is 18.6 Å². The number of thioether (sulfide) groups is 1. The Bertz CT molecular complexity index is 183. The van der Waals surface area contributed by atoms with Crippen molar-refractivity contribution < 1.29 is 9.53 Å². The summed E-state index contributed by atoms with van der Waals surface area (Å²) in [6, 6.07) is 0. The maximum atomic E-state index is 11.2. The molecule has 3 nitrogen and oxygen atoms in total. The average Bonchev–Trinajstić information content (AvgIpc) is 2.22. The van der Waals surface area contributed by atoms with E-state index in [4.69, 9.17) is 5.73 Å². The van der Waals surface area contributed by atoms with Crippen LogP contribution in [0.3, 0.4) is 0 Å². The molecule has 0 amide bonds. The van der Waals surface area contributed by atoms with Gasteiger partial charge in [0, 0.05) is 0 Å². The fraction of sp³-hybridized carbons (Fsp3) is 0.909. The van der Waals surface area contributed by atoms with Crippen molar-refractivity contribution in [1.82, 2.24) is 0 Å². The number of ether oxygens (including phenoxy) is 1. The van der Waals surface area contributed by atoms with Gasteiger partial charge in [0.2, 0.25) is 0 Å². The number of carbonyl (C=O) groups excluding carboxylic acids is 1. The highest BCUT2D eigenvalue weighted by Gasteiger charge is 2.28. The third kappa shape index (κ3) is 6.79. The Kier molecular flexibility index (Phi) is 7.88. The number of nitrogens with two attached hydrogens (primary N) is 1. The Morgan fingerprint density at radius 3 is 2.60 bits per heavy atom. The van der Waals surface area contributed by atoms with Crippen LogP contribution in [0, 0.1) is 0 Å². The summed E-state index contributed by atoms with van der Waals surface area (Å²) in [4.78, 5) is 11.2. The van der Waals surface area contributed by atoms with Crippen LogP contribution in [0.15, 0.2) is 0 Å². The molecule has 0 heterocycles. The lowest BCUT2D eigenvalue weighted by Gasteiger charge is -2.20. The van der Waals surface area contributed by atoms with Gasteiger partial charge in [-0.05, 0) is 37.7 Å². The van der Waals surface area contributed by atoms with Crippen LogP contribution in [0.25, 0.3) is 0 Å². The van der Waals surface area contributed by atoms with E-state index in [0.29, 0.717) is 6.42 Å². The highest BCUT2D eigenvalue weighted by molar-refractivity contribution is 7.99. The molecular weight excluding hydrogens is 210 g/mol. The van der Waals surface area contributed by atoms with E-state index < -0.39 is 5.54 Å². The van der Waals surface area contributed by atoms with E-state index in [-0.39, 0.29) is 5.97 Å². The lowest BCUT2D eigenvalue weighted by molar-refractivity contribution is -0.146. The molecule has 4 heteroatoms. The summed E-state index contributed by atoms with van der Waals surface area (Å²) in [7, 11) is 1.38. The van der Waals surface area contributed by atoms with Crippen molar-refractivity contribution in [3.05, 3.63) is 0 Å². The van der Waals surface area contributed by atoms with Gasteiger partial charge in [0.1, 0.15) is 5.54 Å². The van der Waals surface area contributed by atoms with E-state index in [1.807, 2.05) is 11.8 Å². The molecule has 90 valence electrons. The number of hydrogen-bond acceptors (Lipinski definition) is 4. The van der Waals surface area contributed by atoms with E-state index in [1.165, 1.54) is 19.3 Å². The topological polar surface area (TPSA) is 52.3 Å². The van der Waals surface area contributed by atoms with Gasteiger partial charge in [0.05, 0.1) is 7.11 Å². The first-order valence-electron chi connectivity index (χ1n) is 5.49. The van der Waals surface area contributed by atoms with Gasteiger partial charge in [-0.1, -0.05) is 13.3 Å². The highest BCUT2D eigenvalue weighted by atomic mass is 32.2. The lowest BCUT2D eigenvalue weighted by Crippen LogP contribution is -2.45. The molecule has 0 aromatic heterocycles. The largest absolute Gasteiger partial charge is 0.468 e. The van der Waals surface area contributed by atoms with Crippen molar-refractivity contribution in [3.63, 3.8) is 0 Å². The zero-order chi connectivity index (χ0) is 11.7. The summed E-state index contributed by atoms with van der Waals surface area (Å²) in [5, 5.41) is 0. The third-order valence-corrected chi connectivity index (χ3v) is 3.51. The molecular formula is C11H23NO2S. The van der Waals surface area contributed by atoms with Crippen molar-refractivity contribution in [1.29, 1.82) is 0 Å². The minimum atomic E-state index is -0.815. The highest BCUT2D eigenvalue weighted by Crippen LogP contribution is 2.14. The van der Waals surface area contributed by atoms with Crippen LogP contribution in [-0.4, -0.2) is 30.1 Å². The smallest absolute Gasteiger partial charge is 0.325 e. The van der Waals surface area contributed by atoms with Crippen molar-refractivity contribution in [2.45, 2.75) is 45.1 Å². The molecule has 0 radical (unpaired) electrons. The quantitative estimate of drug-likeness (QED) is 0.516. The second kappa shape index (κ2) is 7.99. The number of hydrogen-bond donors (Lipinski definition) is 1. The van der Waals surface area contributed by atoms with Gasteiger partial charge in [-0.15, -0.1) is 0 Å². The molecule has 0 saturated heterocycles. The second-order valence-corrected chi connectivity index (χ2v) is 5.20. The molecule has 0 aliphatic carbocycles. The number of rotatable bonds is 8. The van der Waals surface area contributed by atoms with Crippen LogP contribution in [0.2, 0.25) is 0 Å². The zero-order valence-corrected chi connectivity index (χ0v) is 10.9. The summed E-state index contributed by atoms with van der Waals surface area (Å²) in [6.07, 6.45) is 4.03. The van der Waals surface area contributed by atoms with Crippen LogP contribution in [0.1, 0.15) is 39.5 Å². The van der Waals surface area contributed by atoms with Crippen LogP contribution >= 0.6 is 11.8 Å². The van der Waals surface area contributed by atoms with Crippen molar-refractivity contribution in [3.8, 4) is 0 Å². The van der Waals surface area contributed by atoms with Gasteiger partial charge in [0.25, 0.3) is 0 Å². The minimum absolute atomic E-state index is 0.316. The van der Waals surface area contributed by atoms with Crippen LogP contribution in [0.4, 0.5) is 0 Å². The number of unbranched alkanes of at least 4 members (excludes halogenated alkanes) is 1. The SMILES string of the molecule is CCCSCCCCC(C)(N)C(=O)OC. The third-order valence-electron chi connectivity index (χ3n) is 2.23. The summed E-state index contributed by atoms with van der Waals surface area (Å²) in [5.41, 5.74) is 5.02.